The molecule has 0 fully saturated rings. The van der Waals surface area contributed by atoms with E-state index >= 15 is 0 Å². The number of ether oxygens (including phenoxy) is 1. The Bertz CT molecular complexity index is 817. The molecule has 0 aliphatic rings. The summed E-state index contributed by atoms with van der Waals surface area (Å²) < 4.78 is 10.8. The van der Waals surface area contributed by atoms with Crippen molar-refractivity contribution >= 4 is 23.4 Å². The van der Waals surface area contributed by atoms with E-state index in [1.165, 1.54) is 0 Å². The molecule has 8 heteroatoms. The highest BCUT2D eigenvalue weighted by molar-refractivity contribution is 6.30. The first-order valence-corrected chi connectivity index (χ1v) is 9.11. The highest BCUT2D eigenvalue weighted by atomic mass is 35.5. The molecule has 2 amide bonds. The molecule has 0 aliphatic carbocycles. The number of amides is 2. The Morgan fingerprint density at radius 1 is 1.26 bits per heavy atom. The van der Waals surface area contributed by atoms with Gasteiger partial charge in [-0.15, -0.1) is 0 Å². The van der Waals surface area contributed by atoms with Crippen molar-refractivity contribution in [2.75, 3.05) is 6.61 Å². The molecule has 1 aromatic carbocycles. The van der Waals surface area contributed by atoms with Gasteiger partial charge in [0.1, 0.15) is 11.3 Å². The molecule has 0 unspecified atom stereocenters. The van der Waals surface area contributed by atoms with E-state index in [9.17, 15) is 9.59 Å². The van der Waals surface area contributed by atoms with Crippen molar-refractivity contribution in [3.63, 3.8) is 0 Å². The lowest BCUT2D eigenvalue weighted by molar-refractivity contribution is -0.122. The summed E-state index contributed by atoms with van der Waals surface area (Å²) in [6.45, 7) is 7.77. The highest BCUT2D eigenvalue weighted by Crippen LogP contribution is 2.22. The number of hydrogen-bond donors (Lipinski definition) is 2. The number of aryl methyl sites for hydroxylation is 2. The van der Waals surface area contributed by atoms with Crippen LogP contribution in [0.3, 0.4) is 0 Å². The average molecular weight is 394 g/mol. The van der Waals surface area contributed by atoms with Crippen molar-refractivity contribution < 1.29 is 18.8 Å². The molecule has 0 radical (unpaired) electrons. The third-order valence-electron chi connectivity index (χ3n) is 3.90. The zero-order chi connectivity index (χ0) is 20.0. The number of aromatic nitrogens is 1. The minimum Gasteiger partial charge on any atom is -0.493 e. The van der Waals surface area contributed by atoms with Crippen molar-refractivity contribution in [3.8, 4) is 5.75 Å². The Morgan fingerprint density at radius 3 is 2.67 bits per heavy atom. The third kappa shape index (κ3) is 5.72. The zero-order valence-corrected chi connectivity index (χ0v) is 16.6. The number of nitrogens with one attached hydrogen (secondary N) is 2. The molecule has 1 heterocycles. The number of halogens is 1. The fourth-order valence-corrected chi connectivity index (χ4v) is 2.73. The summed E-state index contributed by atoms with van der Waals surface area (Å²) >= 11 is 5.90. The van der Waals surface area contributed by atoms with Gasteiger partial charge in [0.15, 0.2) is 5.76 Å². The molecule has 0 saturated heterocycles. The van der Waals surface area contributed by atoms with Crippen LogP contribution >= 0.6 is 11.6 Å². The normalized spacial score (nSPS) is 10.7. The lowest BCUT2D eigenvalue weighted by Gasteiger charge is -2.10. The minimum atomic E-state index is -0.446. The maximum absolute atomic E-state index is 12.3. The molecule has 2 rings (SSSR count). The van der Waals surface area contributed by atoms with Crippen LogP contribution in [0.15, 0.2) is 22.7 Å². The number of carbonyl (C=O) groups is 2. The van der Waals surface area contributed by atoms with Gasteiger partial charge in [0, 0.05) is 17.4 Å². The second kappa shape index (κ2) is 9.41. The standard InChI is InChI=1S/C19H24ClN3O4/c1-11(2)18-17(13(4)23-27-18)19(25)22-21-16(24)6-5-9-26-15-8-7-14(20)10-12(15)3/h7-8,10-11H,5-6,9H2,1-4H3,(H,21,24)(H,22,25). The molecular weight excluding hydrogens is 370 g/mol. The second-order valence-electron chi connectivity index (χ2n) is 6.53. The first-order chi connectivity index (χ1) is 12.8. The van der Waals surface area contributed by atoms with Gasteiger partial charge in [0.25, 0.3) is 5.91 Å². The number of nitrogens with zero attached hydrogens (tertiary/aromatic N) is 1. The van der Waals surface area contributed by atoms with E-state index in [4.69, 9.17) is 20.9 Å². The molecule has 1 aromatic heterocycles. The largest absolute Gasteiger partial charge is 0.493 e. The zero-order valence-electron chi connectivity index (χ0n) is 15.9. The van der Waals surface area contributed by atoms with E-state index in [1.54, 1.807) is 19.1 Å². The van der Waals surface area contributed by atoms with Crippen LogP contribution in [0.1, 0.15) is 60.0 Å². The summed E-state index contributed by atoms with van der Waals surface area (Å²) in [6.07, 6.45) is 0.722. The van der Waals surface area contributed by atoms with Gasteiger partial charge in [-0.3, -0.25) is 20.4 Å². The number of benzene rings is 1. The highest BCUT2D eigenvalue weighted by Gasteiger charge is 2.22. The topological polar surface area (TPSA) is 93.5 Å². The Labute approximate surface area is 163 Å². The number of hydrogen-bond acceptors (Lipinski definition) is 5. The Kier molecular flexibility index (Phi) is 7.24. The molecule has 2 aromatic rings. The predicted molar refractivity (Wildman–Crippen MR) is 102 cm³/mol. The summed E-state index contributed by atoms with van der Waals surface area (Å²) in [4.78, 5) is 24.2. The van der Waals surface area contributed by atoms with E-state index in [0.717, 1.165) is 11.3 Å². The molecule has 27 heavy (non-hydrogen) atoms. The molecule has 2 N–H and O–H groups in total. The van der Waals surface area contributed by atoms with E-state index < -0.39 is 5.91 Å². The molecule has 0 saturated carbocycles. The fourth-order valence-electron chi connectivity index (χ4n) is 2.50. The van der Waals surface area contributed by atoms with E-state index in [1.807, 2.05) is 26.8 Å². The Hall–Kier alpha value is -2.54. The average Bonchev–Trinajstić information content (AvgIpc) is 3.00. The summed E-state index contributed by atoms with van der Waals surface area (Å²) in [7, 11) is 0. The molecular formula is C19H24ClN3O4. The summed E-state index contributed by atoms with van der Waals surface area (Å²) in [5.41, 5.74) is 6.57. The van der Waals surface area contributed by atoms with Crippen LogP contribution in [0, 0.1) is 13.8 Å². The lowest BCUT2D eigenvalue weighted by Crippen LogP contribution is -2.42. The first kappa shape index (κ1) is 20.8. The maximum atomic E-state index is 12.3. The van der Waals surface area contributed by atoms with Crippen LogP contribution in [-0.4, -0.2) is 23.6 Å². The van der Waals surface area contributed by atoms with Gasteiger partial charge in [-0.2, -0.15) is 0 Å². The minimum absolute atomic E-state index is 0.0103. The molecule has 0 atom stereocenters. The molecule has 0 aliphatic heterocycles. The predicted octanol–water partition coefficient (Wildman–Crippen LogP) is 3.69. The molecule has 146 valence electrons. The molecule has 0 spiro atoms. The quantitative estimate of drug-likeness (QED) is 0.552. The smallest absolute Gasteiger partial charge is 0.275 e. The van der Waals surface area contributed by atoms with Gasteiger partial charge in [0.05, 0.1) is 12.3 Å². The maximum Gasteiger partial charge on any atom is 0.275 e. The van der Waals surface area contributed by atoms with Gasteiger partial charge in [-0.05, 0) is 44.0 Å². The first-order valence-electron chi connectivity index (χ1n) is 8.74. The van der Waals surface area contributed by atoms with Crippen LogP contribution in [0.4, 0.5) is 0 Å². The van der Waals surface area contributed by atoms with Gasteiger partial charge in [-0.25, -0.2) is 0 Å². The Morgan fingerprint density at radius 2 is 2.00 bits per heavy atom. The second-order valence-corrected chi connectivity index (χ2v) is 6.96. The van der Waals surface area contributed by atoms with Crippen LogP contribution in [0.2, 0.25) is 5.02 Å². The third-order valence-corrected chi connectivity index (χ3v) is 4.13. The van der Waals surface area contributed by atoms with Crippen LogP contribution < -0.4 is 15.6 Å². The van der Waals surface area contributed by atoms with Gasteiger partial charge >= 0.3 is 0 Å². The lowest BCUT2D eigenvalue weighted by atomic mass is 10.1. The number of rotatable bonds is 7. The van der Waals surface area contributed by atoms with Crippen LogP contribution in [0.25, 0.3) is 0 Å². The molecule has 7 nitrogen and oxygen atoms in total. The van der Waals surface area contributed by atoms with Gasteiger partial charge < -0.3 is 9.26 Å². The Balaban J connectivity index is 1.75. The van der Waals surface area contributed by atoms with Crippen molar-refractivity contribution in [1.82, 2.24) is 16.0 Å². The SMILES string of the molecule is Cc1cc(Cl)ccc1OCCCC(=O)NNC(=O)c1c(C)noc1C(C)C. The van der Waals surface area contributed by atoms with E-state index in [0.29, 0.717) is 35.1 Å². The molecule has 0 bridgehead atoms. The number of carbonyl (C=O) groups excluding carboxylic acids is 2. The van der Waals surface area contributed by atoms with Crippen molar-refractivity contribution in [2.45, 2.75) is 46.5 Å². The van der Waals surface area contributed by atoms with Gasteiger partial charge in [0.2, 0.25) is 5.91 Å². The van der Waals surface area contributed by atoms with Crippen molar-refractivity contribution in [1.29, 1.82) is 0 Å². The van der Waals surface area contributed by atoms with Crippen LogP contribution in [-0.2, 0) is 4.79 Å². The van der Waals surface area contributed by atoms with Gasteiger partial charge in [-0.1, -0.05) is 30.6 Å². The summed E-state index contributed by atoms with van der Waals surface area (Å²) in [6, 6.07) is 5.37. The van der Waals surface area contributed by atoms with Crippen molar-refractivity contribution in [2.24, 2.45) is 0 Å². The van der Waals surface area contributed by atoms with Crippen molar-refractivity contribution in [3.05, 3.63) is 45.8 Å². The van der Waals surface area contributed by atoms with Crippen LogP contribution in [0.5, 0.6) is 5.75 Å². The van der Waals surface area contributed by atoms with E-state index in [-0.39, 0.29) is 18.2 Å². The van der Waals surface area contributed by atoms with E-state index in [2.05, 4.69) is 16.0 Å². The summed E-state index contributed by atoms with van der Waals surface area (Å²) in [5, 5.41) is 4.47. The fraction of sp³-hybridized carbons (Fsp3) is 0.421. The monoisotopic (exact) mass is 393 g/mol. The number of hydrazine groups is 1. The summed E-state index contributed by atoms with van der Waals surface area (Å²) in [5.74, 6) is 0.484.